The van der Waals surface area contributed by atoms with Gasteiger partial charge in [-0.05, 0) is 188 Å². The second kappa shape index (κ2) is 47.2. The van der Waals surface area contributed by atoms with Crippen LogP contribution in [0.4, 0.5) is 10.2 Å². The Hall–Kier alpha value is -11.1. The fraction of sp³-hybridized carbons (Fsp3) is 0.360. The Balaban J connectivity index is 0.000000150. The number of aromatic nitrogens is 18. The van der Waals surface area contributed by atoms with E-state index >= 15 is 0 Å². The Morgan fingerprint density at radius 3 is 1.64 bits per heavy atom. The molecule has 2 aromatic carbocycles. The summed E-state index contributed by atoms with van der Waals surface area (Å²) in [6, 6.07) is 31.1. The quantitative estimate of drug-likeness (QED) is 0.0163. The van der Waals surface area contributed by atoms with Crippen LogP contribution in [0.2, 0.25) is 5.02 Å². The topological polar surface area (TPSA) is 651 Å². The second-order valence-corrected chi connectivity index (χ2v) is 42.3. The summed E-state index contributed by atoms with van der Waals surface area (Å²) in [5.41, 5.74) is 8.73. The van der Waals surface area contributed by atoms with E-state index in [1.54, 1.807) is 75.4 Å². The number of aliphatic hydroxyl groups is 5. The molecule has 14 N–H and O–H groups in total. The van der Waals surface area contributed by atoms with Crippen molar-refractivity contribution in [3.63, 3.8) is 0 Å². The number of aliphatic hydroxyl groups excluding tert-OH is 5. The van der Waals surface area contributed by atoms with E-state index in [9.17, 15) is 82.8 Å². The average Bonchev–Trinajstić information content (AvgIpc) is 1.66. The molecule has 11 aromatic heterocycles. The number of rotatable bonds is 36. The van der Waals surface area contributed by atoms with Gasteiger partial charge in [0.2, 0.25) is 17.3 Å². The Kier molecular flexibility index (Phi) is 35.5. The lowest BCUT2D eigenvalue weighted by molar-refractivity contribution is -0.00334. The highest BCUT2D eigenvalue weighted by Crippen LogP contribution is 2.40. The summed E-state index contributed by atoms with van der Waals surface area (Å²) < 4.78 is 133. The standard InChI is InChI=1S/C24H25FN6O5S.C22H23BrClN5O5S.C22H24BrN5O6S.C21H24BrN7O5S/c25-22-16(8-17(24(22)33)13-36-37(26,34)35)9-20-19(10-27-14-29-20)23(32)15-4-6-30(11-15)12-18-2-1-3-21-28-5-7-31(18)21;23-16-1-2-18(24)14(8-16)10-29-4-3-19(28-29)22(31)17-9-26-12-27-20(17)6-13-5-15(21(30)7-13)11-34-35(25,32)33;23-16-3-1-2-13(6-16)10-28-5-4-18(27-28)22(31)17-9-25-12-26-19(17)8-14-7-15(21(30)20(14)29)11-34-35(24,32)33;1-12-5-17(28-29(12)9-14-3-2-4-19(22)26-14)20(31)16-8-24-11-25-21(16)27-15-6-13(18(30)7-15)10-34-35(23,32)33/h1-7,10-11,14,16-17,22,24,33H,8-9,12-13H2,(H2,26,34,35);1-4,8-9,12-13,15,21,30H,5-7,10-11H2,(H2,25,32,33);1-6,9,12,14-15,20-21,29-30H,7-8,10-11H2,(H2,24,32,33);2-5,8,11,13,15,18,30H,6-7,9-10H2,1H3,(H2,23,32,33)(H,24,25,27)/t16-,17+,22+,24+;13-,15+,21-;14-,15+,20-,21+;13-,15-,18+/m0001/s1. The number of aryl methyl sites for hydroxylation is 1. The van der Waals surface area contributed by atoms with Crippen molar-refractivity contribution in [2.45, 2.75) is 134 Å². The van der Waals surface area contributed by atoms with Gasteiger partial charge < -0.3 is 39.8 Å². The zero-order valence-electron chi connectivity index (χ0n) is 75.2. The summed E-state index contributed by atoms with van der Waals surface area (Å²) in [4.78, 5) is 94.7. The van der Waals surface area contributed by atoms with Crippen molar-refractivity contribution < 1.29 is 99.5 Å². The number of nitrogens with one attached hydrogen (secondary N) is 1. The summed E-state index contributed by atoms with van der Waals surface area (Å²) in [7, 11) is -16.5. The van der Waals surface area contributed by atoms with Crippen LogP contribution in [0.15, 0.2) is 204 Å². The van der Waals surface area contributed by atoms with Crippen LogP contribution in [0.25, 0.3) is 5.65 Å². The van der Waals surface area contributed by atoms with Crippen LogP contribution < -0.4 is 25.9 Å². The second-order valence-electron chi connectivity index (χ2n) is 34.4. The number of pyridine rings is 2. The molecule has 142 heavy (non-hydrogen) atoms. The van der Waals surface area contributed by atoms with Crippen LogP contribution in [-0.4, -0.2) is 240 Å². The highest BCUT2D eigenvalue weighted by Gasteiger charge is 2.46. The molecule has 4 fully saturated rings. The van der Waals surface area contributed by atoms with Crippen molar-refractivity contribution in [3.05, 3.63) is 299 Å². The zero-order valence-corrected chi connectivity index (χ0v) is 83.9. The van der Waals surface area contributed by atoms with Crippen LogP contribution in [0.1, 0.15) is 148 Å². The van der Waals surface area contributed by atoms with E-state index in [-0.39, 0.29) is 120 Å². The number of nitrogens with two attached hydrogens (primary N) is 4. The first kappa shape index (κ1) is 107. The minimum Gasteiger partial charge on any atom is -0.393 e. The van der Waals surface area contributed by atoms with Crippen LogP contribution >= 0.6 is 59.4 Å². The molecule has 44 nitrogen and oxygen atoms in total. The van der Waals surface area contributed by atoms with Gasteiger partial charge in [-0.1, -0.05) is 67.7 Å². The maximum absolute atomic E-state index is 14.9. The summed E-state index contributed by atoms with van der Waals surface area (Å²) in [6.45, 7) is 2.46. The monoisotopic (exact) mass is 2240 g/mol. The Labute approximate surface area is 843 Å². The van der Waals surface area contributed by atoms with Crippen molar-refractivity contribution in [1.82, 2.24) is 88.1 Å². The molecule has 53 heteroatoms. The number of imidazole rings is 1. The molecule has 4 aliphatic rings. The molecule has 0 spiro atoms. The maximum atomic E-state index is 14.9. The van der Waals surface area contributed by atoms with Gasteiger partial charge in [0.05, 0.1) is 128 Å². The minimum absolute atomic E-state index is 0.0169. The van der Waals surface area contributed by atoms with Gasteiger partial charge in [-0.3, -0.25) is 50.0 Å². The third-order valence-corrected chi connectivity index (χ3v) is 27.9. The van der Waals surface area contributed by atoms with Gasteiger partial charge in [-0.2, -0.15) is 49.0 Å². The molecular weight excluding hydrogens is 2150 g/mol. The molecule has 14 atom stereocenters. The van der Waals surface area contributed by atoms with Gasteiger partial charge in [0, 0.05) is 123 Å². The number of nitrogens with zero attached hydrogens (tertiary/aromatic N) is 18. The molecule has 13 aromatic rings. The molecule has 0 aliphatic heterocycles. The fourth-order valence-corrected chi connectivity index (χ4v) is 20.3. The largest absolute Gasteiger partial charge is 0.393 e. The van der Waals surface area contributed by atoms with Gasteiger partial charge in [0.15, 0.2) is 5.78 Å². The van der Waals surface area contributed by atoms with E-state index < -0.39 is 114 Å². The number of carbonyl (C=O) groups is 4. The predicted octanol–water partition coefficient (Wildman–Crippen LogP) is 5.85. The van der Waals surface area contributed by atoms with Gasteiger partial charge in [0.1, 0.15) is 64.6 Å². The molecule has 0 bridgehead atoms. The normalized spacial score (nSPS) is 21.2. The third-order valence-electron chi connectivity index (χ3n) is 24.3. The van der Waals surface area contributed by atoms with Crippen molar-refractivity contribution in [2.24, 2.45) is 62.0 Å². The Morgan fingerprint density at radius 1 is 0.493 bits per heavy atom. The summed E-state index contributed by atoms with van der Waals surface area (Å²) in [5, 5.41) is 88.1. The van der Waals surface area contributed by atoms with Crippen LogP contribution in [-0.2, 0) is 103 Å². The molecule has 0 unspecified atom stereocenters. The molecule has 0 amide bonds. The Morgan fingerprint density at radius 2 is 1.02 bits per heavy atom. The van der Waals surface area contributed by atoms with E-state index in [0.717, 1.165) is 42.8 Å². The first-order valence-electron chi connectivity index (χ1n) is 43.8. The Bertz CT molecular complexity index is 7200. The number of alkyl halides is 1. The number of halogens is 5. The highest BCUT2D eigenvalue weighted by atomic mass is 79.9. The van der Waals surface area contributed by atoms with Crippen LogP contribution in [0, 0.1) is 48.3 Å². The number of ketones is 4. The molecule has 0 radical (unpaired) electrons. The summed E-state index contributed by atoms with van der Waals surface area (Å²) in [6.07, 6.45) is 17.3. The van der Waals surface area contributed by atoms with E-state index in [0.29, 0.717) is 102 Å². The van der Waals surface area contributed by atoms with E-state index in [1.165, 1.54) is 50.1 Å². The summed E-state index contributed by atoms with van der Waals surface area (Å²) in [5.74, 6) is -4.42. The molecule has 0 saturated heterocycles. The van der Waals surface area contributed by atoms with Crippen molar-refractivity contribution >= 4 is 135 Å². The number of hydrogen-bond acceptors (Lipinski definition) is 35. The van der Waals surface area contributed by atoms with Crippen molar-refractivity contribution in [1.29, 1.82) is 0 Å². The van der Waals surface area contributed by atoms with E-state index in [4.69, 9.17) is 32.2 Å². The molecule has 4 aliphatic carbocycles. The molecule has 752 valence electrons. The van der Waals surface area contributed by atoms with Crippen LogP contribution in [0.3, 0.4) is 0 Å². The molecule has 4 saturated carbocycles. The van der Waals surface area contributed by atoms with Crippen molar-refractivity contribution in [3.8, 4) is 0 Å². The highest BCUT2D eigenvalue weighted by molar-refractivity contribution is 9.11. The SMILES string of the molecule is Cc1cc(C(=O)c2cncnc2N[C@@H]2C[C@H](COS(N)(=O)=O)[C@@H](O)C2)nn1Cc1cccc(Br)n1.NS(=O)(=O)OC[C@H]1C[C@@H](Cc2ncncc2C(=O)c2ccn(Cc3cc(Br)ccc3Cl)n2)C[C@@H]1O.NS(=O)(=O)OC[C@H]1C[C@@H](Cc2ncncc2C(=O)c2ccn(Cc3cccc(Br)c3)n2)[C@H](O)[C@@H]1O.NS(=O)(=O)OC[C@H]1C[C@@H](Cc2ncncc2C(=O)c2ccn(Cc3cccc4nccn34)c2)[C@@H](F)[C@@H]1O. The number of carbonyl (C=O) groups excluding carboxylic acids is 4. The number of fused-ring (bicyclic) bond motifs is 1. The molecule has 11 heterocycles. The van der Waals surface area contributed by atoms with Gasteiger partial charge in [-0.25, -0.2) is 74.8 Å². The average molecular weight is 2250 g/mol. The van der Waals surface area contributed by atoms with E-state index in [1.807, 2.05) is 94.9 Å². The van der Waals surface area contributed by atoms with Crippen molar-refractivity contribution in [2.75, 3.05) is 31.7 Å². The van der Waals surface area contributed by atoms with E-state index in [2.05, 4.69) is 135 Å². The first-order valence-corrected chi connectivity index (χ1v) is 52.4. The number of anilines is 1. The summed E-state index contributed by atoms with van der Waals surface area (Å²) >= 11 is 16.5. The minimum atomic E-state index is -4.21. The lowest BCUT2D eigenvalue weighted by atomic mass is 9.95. The number of benzene rings is 2. The lowest BCUT2D eigenvalue weighted by Gasteiger charge is -2.17. The molecular formula is C89H96Br3ClFN23O21S4. The number of hydrogen-bond donors (Lipinski definition) is 10. The first-order chi connectivity index (χ1) is 67.5. The van der Waals surface area contributed by atoms with Gasteiger partial charge >= 0.3 is 41.2 Å². The van der Waals surface area contributed by atoms with Crippen LogP contribution in [0.5, 0.6) is 0 Å². The van der Waals surface area contributed by atoms with Gasteiger partial charge in [0.25, 0.3) is 0 Å². The van der Waals surface area contributed by atoms with Gasteiger partial charge in [-0.15, -0.1) is 0 Å². The predicted molar refractivity (Wildman–Crippen MR) is 516 cm³/mol. The maximum Gasteiger partial charge on any atom is 0.333 e. The lowest BCUT2D eigenvalue weighted by Crippen LogP contribution is -2.31. The molecule has 17 rings (SSSR count). The third kappa shape index (κ3) is 29.2. The fourth-order valence-electron chi connectivity index (χ4n) is 17.4. The zero-order chi connectivity index (χ0) is 102. The smallest absolute Gasteiger partial charge is 0.333 e.